The Morgan fingerprint density at radius 1 is 1.50 bits per heavy atom. The van der Waals surface area contributed by atoms with Crippen LogP contribution in [-0.2, 0) is 4.74 Å². The second kappa shape index (κ2) is 5.72. The van der Waals surface area contributed by atoms with Gasteiger partial charge in [0.15, 0.2) is 10.8 Å². The lowest BCUT2D eigenvalue weighted by Gasteiger charge is -2.26. The van der Waals surface area contributed by atoms with Gasteiger partial charge in [-0.1, -0.05) is 6.42 Å². The van der Waals surface area contributed by atoms with E-state index in [1.165, 1.54) is 37.0 Å². The number of carbonyl (C=O) groups excluding carboxylic acids is 1. The molecule has 0 saturated heterocycles. The molecule has 0 amide bonds. The Morgan fingerprint density at radius 2 is 2.35 bits per heavy atom. The van der Waals surface area contributed by atoms with Gasteiger partial charge in [0.25, 0.3) is 0 Å². The number of rotatable bonds is 5. The van der Waals surface area contributed by atoms with E-state index in [1.54, 1.807) is 5.38 Å². The number of carbonyl (C=O) groups is 1. The Morgan fingerprint density at radius 3 is 3.00 bits per heavy atom. The van der Waals surface area contributed by atoms with Crippen molar-refractivity contribution in [3.63, 3.8) is 0 Å². The Labute approximate surface area is 124 Å². The second-order valence-electron chi connectivity index (χ2n) is 6.05. The van der Waals surface area contributed by atoms with Crippen molar-refractivity contribution in [3.05, 3.63) is 11.1 Å². The first-order chi connectivity index (χ1) is 9.67. The number of nitrogens with zero attached hydrogens (tertiary/aromatic N) is 2. The maximum atomic E-state index is 11.6. The van der Waals surface area contributed by atoms with Crippen molar-refractivity contribution >= 4 is 22.4 Å². The van der Waals surface area contributed by atoms with Gasteiger partial charge >= 0.3 is 5.97 Å². The number of aromatic nitrogens is 1. The topological polar surface area (TPSA) is 42.4 Å². The largest absolute Gasteiger partial charge is 0.461 e. The Hall–Kier alpha value is -1.10. The van der Waals surface area contributed by atoms with Gasteiger partial charge in [0.1, 0.15) is 0 Å². The Kier molecular flexibility index (Phi) is 3.96. The molecular formula is C15H22N2O2S. The third kappa shape index (κ3) is 2.68. The van der Waals surface area contributed by atoms with Crippen LogP contribution in [0.4, 0.5) is 5.13 Å². The summed E-state index contributed by atoms with van der Waals surface area (Å²) in [6, 6.07) is 0. The molecule has 4 nitrogen and oxygen atoms in total. The fraction of sp³-hybridized carbons (Fsp3) is 0.733. The van der Waals surface area contributed by atoms with Crippen LogP contribution in [0.3, 0.4) is 0 Å². The van der Waals surface area contributed by atoms with Crippen LogP contribution in [0.25, 0.3) is 0 Å². The minimum atomic E-state index is -0.316. The standard InChI is InChI=1S/C15H22N2O2S/c1-3-19-14(18)13-9-20-15(16-13)17(2)8-12-7-10-4-5-11(12)6-10/h9-12H,3-8H2,1-2H3. The minimum Gasteiger partial charge on any atom is -0.461 e. The molecule has 1 aromatic rings. The van der Waals surface area contributed by atoms with E-state index in [0.717, 1.165) is 29.4 Å². The molecule has 0 radical (unpaired) electrons. The third-order valence-electron chi connectivity index (χ3n) is 4.70. The molecule has 2 fully saturated rings. The van der Waals surface area contributed by atoms with Gasteiger partial charge in [-0.15, -0.1) is 11.3 Å². The maximum absolute atomic E-state index is 11.6. The van der Waals surface area contributed by atoms with Gasteiger partial charge in [-0.2, -0.15) is 0 Å². The van der Waals surface area contributed by atoms with Crippen molar-refractivity contribution < 1.29 is 9.53 Å². The van der Waals surface area contributed by atoms with Gasteiger partial charge < -0.3 is 9.64 Å². The van der Waals surface area contributed by atoms with Crippen LogP contribution in [0.2, 0.25) is 0 Å². The summed E-state index contributed by atoms with van der Waals surface area (Å²) in [5.74, 6) is 2.40. The van der Waals surface area contributed by atoms with E-state index in [1.807, 2.05) is 6.92 Å². The molecule has 2 aliphatic carbocycles. The van der Waals surface area contributed by atoms with E-state index >= 15 is 0 Å². The first-order valence-corrected chi connectivity index (χ1v) is 8.39. The van der Waals surface area contributed by atoms with Crippen molar-refractivity contribution in [2.45, 2.75) is 32.6 Å². The lowest BCUT2D eigenvalue weighted by Crippen LogP contribution is -2.28. The first kappa shape index (κ1) is 13.9. The number of hydrogen-bond donors (Lipinski definition) is 0. The quantitative estimate of drug-likeness (QED) is 0.782. The fourth-order valence-electron chi connectivity index (χ4n) is 3.77. The monoisotopic (exact) mass is 294 g/mol. The Bertz CT molecular complexity index is 488. The molecule has 3 atom stereocenters. The van der Waals surface area contributed by atoms with Crippen molar-refractivity contribution in [3.8, 4) is 0 Å². The second-order valence-corrected chi connectivity index (χ2v) is 6.89. The first-order valence-electron chi connectivity index (χ1n) is 7.51. The van der Waals surface area contributed by atoms with Crippen LogP contribution in [0, 0.1) is 17.8 Å². The van der Waals surface area contributed by atoms with Gasteiger partial charge in [-0.3, -0.25) is 0 Å². The van der Waals surface area contributed by atoms with E-state index in [0.29, 0.717) is 12.3 Å². The lowest BCUT2D eigenvalue weighted by atomic mass is 9.88. The third-order valence-corrected chi connectivity index (χ3v) is 5.65. The number of ether oxygens (including phenoxy) is 1. The highest BCUT2D eigenvalue weighted by molar-refractivity contribution is 7.13. The summed E-state index contributed by atoms with van der Waals surface area (Å²) in [4.78, 5) is 18.2. The molecule has 1 heterocycles. The predicted octanol–water partition coefficient (Wildman–Crippen LogP) is 3.19. The van der Waals surface area contributed by atoms with Crippen LogP contribution >= 0.6 is 11.3 Å². The van der Waals surface area contributed by atoms with Crippen molar-refractivity contribution in [1.29, 1.82) is 0 Å². The molecule has 2 saturated carbocycles. The number of hydrogen-bond acceptors (Lipinski definition) is 5. The molecule has 2 aliphatic rings. The lowest BCUT2D eigenvalue weighted by molar-refractivity contribution is 0.0520. The summed E-state index contributed by atoms with van der Waals surface area (Å²) in [6.45, 7) is 3.27. The highest BCUT2D eigenvalue weighted by Gasteiger charge is 2.39. The SMILES string of the molecule is CCOC(=O)c1csc(N(C)CC2CC3CCC2C3)n1. The van der Waals surface area contributed by atoms with E-state index in [4.69, 9.17) is 4.74 Å². The molecule has 5 heteroatoms. The zero-order chi connectivity index (χ0) is 14.1. The molecule has 0 aliphatic heterocycles. The summed E-state index contributed by atoms with van der Waals surface area (Å²) < 4.78 is 4.98. The molecule has 3 unspecified atom stereocenters. The summed E-state index contributed by atoms with van der Waals surface area (Å²) in [6.07, 6.45) is 5.67. The predicted molar refractivity (Wildman–Crippen MR) is 80.3 cm³/mol. The number of thiazole rings is 1. The zero-order valence-electron chi connectivity index (χ0n) is 12.2. The van der Waals surface area contributed by atoms with E-state index < -0.39 is 0 Å². The highest BCUT2D eigenvalue weighted by Crippen LogP contribution is 2.48. The molecule has 3 rings (SSSR count). The van der Waals surface area contributed by atoms with Gasteiger partial charge in [-0.05, 0) is 43.9 Å². The number of fused-ring (bicyclic) bond motifs is 2. The summed E-state index contributed by atoms with van der Waals surface area (Å²) in [7, 11) is 2.08. The summed E-state index contributed by atoms with van der Waals surface area (Å²) >= 11 is 1.53. The smallest absolute Gasteiger partial charge is 0.357 e. The van der Waals surface area contributed by atoms with Crippen LogP contribution in [0.1, 0.15) is 43.1 Å². The molecule has 2 bridgehead atoms. The fourth-order valence-corrected chi connectivity index (χ4v) is 4.54. The molecule has 1 aromatic heterocycles. The Balaban J connectivity index is 1.60. The van der Waals surface area contributed by atoms with E-state index in [2.05, 4.69) is 16.9 Å². The molecule has 0 N–H and O–H groups in total. The van der Waals surface area contributed by atoms with E-state index in [9.17, 15) is 4.79 Å². The van der Waals surface area contributed by atoms with Crippen LogP contribution < -0.4 is 4.90 Å². The average Bonchev–Trinajstić information content (AvgIpc) is 3.15. The molecule has 110 valence electrons. The van der Waals surface area contributed by atoms with Crippen LogP contribution in [0.15, 0.2) is 5.38 Å². The van der Waals surface area contributed by atoms with Gasteiger partial charge in [0, 0.05) is 19.0 Å². The minimum absolute atomic E-state index is 0.316. The average molecular weight is 294 g/mol. The maximum Gasteiger partial charge on any atom is 0.357 e. The zero-order valence-corrected chi connectivity index (χ0v) is 13.0. The van der Waals surface area contributed by atoms with Gasteiger partial charge in [0.2, 0.25) is 0 Å². The number of esters is 1. The normalized spacial score (nSPS) is 27.8. The van der Waals surface area contributed by atoms with Crippen molar-refractivity contribution in [2.75, 3.05) is 25.1 Å². The van der Waals surface area contributed by atoms with Crippen molar-refractivity contribution in [1.82, 2.24) is 4.98 Å². The molecular weight excluding hydrogens is 272 g/mol. The van der Waals surface area contributed by atoms with Crippen LogP contribution in [0.5, 0.6) is 0 Å². The van der Waals surface area contributed by atoms with E-state index in [-0.39, 0.29) is 5.97 Å². The van der Waals surface area contributed by atoms with Gasteiger partial charge in [0.05, 0.1) is 6.61 Å². The van der Waals surface area contributed by atoms with Crippen LogP contribution in [-0.4, -0.2) is 31.2 Å². The highest BCUT2D eigenvalue weighted by atomic mass is 32.1. The number of anilines is 1. The molecule has 0 aromatic carbocycles. The van der Waals surface area contributed by atoms with Crippen molar-refractivity contribution in [2.24, 2.45) is 17.8 Å². The summed E-state index contributed by atoms with van der Waals surface area (Å²) in [5, 5.41) is 2.72. The molecule has 20 heavy (non-hydrogen) atoms. The van der Waals surface area contributed by atoms with Gasteiger partial charge in [-0.25, -0.2) is 9.78 Å². The molecule has 0 spiro atoms. The summed E-state index contributed by atoms with van der Waals surface area (Å²) in [5.41, 5.74) is 0.437.